The first-order valence-electron chi connectivity index (χ1n) is 7.03. The molecular formula is C13H22N2O4. The lowest BCUT2D eigenvalue weighted by molar-refractivity contribution is -0.137. The highest BCUT2D eigenvalue weighted by Gasteiger charge is 2.30. The summed E-state index contributed by atoms with van der Waals surface area (Å²) in [5.74, 6) is -0.788. The molecule has 2 amide bonds. The van der Waals surface area contributed by atoms with Gasteiger partial charge in [0.05, 0.1) is 13.2 Å². The Morgan fingerprint density at radius 1 is 1.16 bits per heavy atom. The second kappa shape index (κ2) is 6.75. The Morgan fingerprint density at radius 3 is 2.58 bits per heavy atom. The van der Waals surface area contributed by atoms with Gasteiger partial charge in [0.15, 0.2) is 0 Å². The van der Waals surface area contributed by atoms with Crippen molar-refractivity contribution in [1.82, 2.24) is 9.80 Å². The number of likely N-dealkylation sites (tertiary alicyclic amines) is 1. The van der Waals surface area contributed by atoms with E-state index in [4.69, 9.17) is 9.84 Å². The molecule has 108 valence electrons. The molecule has 0 radical (unpaired) electrons. The van der Waals surface area contributed by atoms with Crippen molar-refractivity contribution in [3.05, 3.63) is 0 Å². The molecule has 1 unspecified atom stereocenters. The third-order valence-electron chi connectivity index (χ3n) is 3.85. The summed E-state index contributed by atoms with van der Waals surface area (Å²) < 4.78 is 5.25. The van der Waals surface area contributed by atoms with E-state index in [0.29, 0.717) is 32.7 Å². The van der Waals surface area contributed by atoms with E-state index < -0.39 is 5.97 Å². The summed E-state index contributed by atoms with van der Waals surface area (Å²) >= 11 is 0. The third-order valence-corrected chi connectivity index (χ3v) is 3.85. The van der Waals surface area contributed by atoms with Crippen molar-refractivity contribution >= 4 is 12.0 Å². The molecule has 2 fully saturated rings. The number of urea groups is 1. The minimum Gasteiger partial charge on any atom is -0.481 e. The van der Waals surface area contributed by atoms with Crippen molar-refractivity contribution in [2.75, 3.05) is 32.8 Å². The quantitative estimate of drug-likeness (QED) is 0.835. The molecule has 2 rings (SSSR count). The summed E-state index contributed by atoms with van der Waals surface area (Å²) in [5.41, 5.74) is 0. The highest BCUT2D eigenvalue weighted by Crippen LogP contribution is 2.22. The molecule has 0 saturated carbocycles. The third kappa shape index (κ3) is 3.83. The zero-order chi connectivity index (χ0) is 13.7. The van der Waals surface area contributed by atoms with Gasteiger partial charge in [0.25, 0.3) is 0 Å². The predicted molar refractivity (Wildman–Crippen MR) is 69.0 cm³/mol. The van der Waals surface area contributed by atoms with Crippen LogP contribution in [0, 0.1) is 0 Å². The fraction of sp³-hybridized carbons (Fsp3) is 0.846. The molecule has 6 nitrogen and oxygen atoms in total. The molecule has 0 aromatic rings. The van der Waals surface area contributed by atoms with Crippen molar-refractivity contribution in [2.45, 2.75) is 38.1 Å². The molecule has 0 spiro atoms. The average Bonchev–Trinajstić information content (AvgIpc) is 2.45. The Hall–Kier alpha value is -1.30. The fourth-order valence-corrected chi connectivity index (χ4v) is 2.78. The van der Waals surface area contributed by atoms with E-state index >= 15 is 0 Å². The maximum atomic E-state index is 12.5. The van der Waals surface area contributed by atoms with Gasteiger partial charge in [0.2, 0.25) is 0 Å². The molecule has 0 aromatic heterocycles. The second-order valence-electron chi connectivity index (χ2n) is 5.16. The van der Waals surface area contributed by atoms with Crippen LogP contribution in [0.5, 0.6) is 0 Å². The largest absolute Gasteiger partial charge is 0.481 e. The molecule has 0 aromatic carbocycles. The monoisotopic (exact) mass is 270 g/mol. The molecule has 6 heteroatoms. The van der Waals surface area contributed by atoms with Crippen LogP contribution in [0.3, 0.4) is 0 Å². The number of carbonyl (C=O) groups is 2. The number of hydrogen-bond donors (Lipinski definition) is 1. The Balaban J connectivity index is 1.93. The van der Waals surface area contributed by atoms with E-state index in [1.807, 2.05) is 9.80 Å². The number of carboxylic acids is 1. The topological polar surface area (TPSA) is 70.1 Å². The van der Waals surface area contributed by atoms with E-state index in [1.54, 1.807) is 0 Å². The highest BCUT2D eigenvalue weighted by molar-refractivity contribution is 5.75. The van der Waals surface area contributed by atoms with Crippen molar-refractivity contribution < 1.29 is 19.4 Å². The summed E-state index contributed by atoms with van der Waals surface area (Å²) in [5, 5.41) is 8.79. The number of hydrogen-bond acceptors (Lipinski definition) is 3. The summed E-state index contributed by atoms with van der Waals surface area (Å²) in [6, 6.07) is 0.138. The van der Waals surface area contributed by atoms with Gasteiger partial charge >= 0.3 is 12.0 Å². The number of carboxylic acid groups (broad SMARTS) is 1. The number of piperidine rings is 1. The Labute approximate surface area is 113 Å². The van der Waals surface area contributed by atoms with Gasteiger partial charge in [-0.15, -0.1) is 0 Å². The summed E-state index contributed by atoms with van der Waals surface area (Å²) in [4.78, 5) is 26.8. The Bertz CT molecular complexity index is 329. The molecule has 2 aliphatic rings. The lowest BCUT2D eigenvalue weighted by Gasteiger charge is -2.40. The number of aliphatic carboxylic acids is 1. The van der Waals surface area contributed by atoms with Gasteiger partial charge < -0.3 is 19.6 Å². The van der Waals surface area contributed by atoms with E-state index in [9.17, 15) is 9.59 Å². The predicted octanol–water partition coefficient (Wildman–Crippen LogP) is 1.16. The SMILES string of the molecule is O=C(O)CCC1CCCCN1C(=O)N1CCOCC1. The van der Waals surface area contributed by atoms with Crippen LogP contribution in [0.15, 0.2) is 0 Å². The van der Waals surface area contributed by atoms with Crippen molar-refractivity contribution in [3.63, 3.8) is 0 Å². The van der Waals surface area contributed by atoms with Gasteiger partial charge in [0.1, 0.15) is 0 Å². The van der Waals surface area contributed by atoms with Crippen LogP contribution in [-0.4, -0.2) is 65.8 Å². The molecule has 0 aliphatic carbocycles. The lowest BCUT2D eigenvalue weighted by atomic mass is 9.98. The van der Waals surface area contributed by atoms with Crippen molar-refractivity contribution in [3.8, 4) is 0 Å². The first-order valence-corrected chi connectivity index (χ1v) is 7.03. The normalized spacial score (nSPS) is 24.3. The van der Waals surface area contributed by atoms with Crippen LogP contribution < -0.4 is 0 Å². The molecule has 19 heavy (non-hydrogen) atoms. The van der Waals surface area contributed by atoms with Gasteiger partial charge in [-0.1, -0.05) is 0 Å². The smallest absolute Gasteiger partial charge is 0.320 e. The van der Waals surface area contributed by atoms with Crippen molar-refractivity contribution in [1.29, 1.82) is 0 Å². The molecule has 1 N–H and O–H groups in total. The van der Waals surface area contributed by atoms with Crippen LogP contribution in [0.4, 0.5) is 4.79 Å². The fourth-order valence-electron chi connectivity index (χ4n) is 2.78. The van der Waals surface area contributed by atoms with Crippen LogP contribution in [-0.2, 0) is 9.53 Å². The lowest BCUT2D eigenvalue weighted by Crippen LogP contribution is -2.53. The zero-order valence-corrected chi connectivity index (χ0v) is 11.2. The molecule has 2 heterocycles. The average molecular weight is 270 g/mol. The minimum absolute atomic E-state index is 0.0541. The first-order chi connectivity index (χ1) is 9.18. The van der Waals surface area contributed by atoms with Gasteiger partial charge in [0, 0.05) is 32.1 Å². The van der Waals surface area contributed by atoms with Gasteiger partial charge in [-0.2, -0.15) is 0 Å². The number of rotatable bonds is 3. The number of morpholine rings is 1. The highest BCUT2D eigenvalue weighted by atomic mass is 16.5. The van der Waals surface area contributed by atoms with Gasteiger partial charge in [-0.05, 0) is 25.7 Å². The van der Waals surface area contributed by atoms with Gasteiger partial charge in [-0.3, -0.25) is 4.79 Å². The Morgan fingerprint density at radius 2 is 1.89 bits per heavy atom. The maximum absolute atomic E-state index is 12.5. The molecule has 2 aliphatic heterocycles. The number of nitrogens with zero attached hydrogens (tertiary/aromatic N) is 2. The van der Waals surface area contributed by atoms with Crippen molar-refractivity contribution in [2.24, 2.45) is 0 Å². The van der Waals surface area contributed by atoms with E-state index in [0.717, 1.165) is 25.8 Å². The molecule has 0 bridgehead atoms. The van der Waals surface area contributed by atoms with E-state index in [1.165, 1.54) is 0 Å². The standard InChI is InChI=1S/C13H22N2O4/c16-12(17)5-4-11-3-1-2-6-15(11)13(18)14-7-9-19-10-8-14/h11H,1-10H2,(H,16,17). The van der Waals surface area contributed by atoms with Crippen LogP contribution in [0.2, 0.25) is 0 Å². The first kappa shape index (κ1) is 14.1. The molecular weight excluding hydrogens is 248 g/mol. The summed E-state index contributed by atoms with van der Waals surface area (Å²) in [7, 11) is 0. The van der Waals surface area contributed by atoms with E-state index in [2.05, 4.69) is 0 Å². The number of amides is 2. The summed E-state index contributed by atoms with van der Waals surface area (Å²) in [6.45, 7) is 3.22. The van der Waals surface area contributed by atoms with Crippen LogP contribution in [0.25, 0.3) is 0 Å². The second-order valence-corrected chi connectivity index (χ2v) is 5.16. The minimum atomic E-state index is -0.788. The number of ether oxygens (including phenoxy) is 1. The van der Waals surface area contributed by atoms with Crippen LogP contribution in [0.1, 0.15) is 32.1 Å². The molecule has 2 saturated heterocycles. The molecule has 1 atom stereocenters. The summed E-state index contributed by atoms with van der Waals surface area (Å²) in [6.07, 6.45) is 3.71. The number of carbonyl (C=O) groups excluding carboxylic acids is 1. The Kier molecular flexibility index (Phi) is 5.01. The van der Waals surface area contributed by atoms with Crippen LogP contribution >= 0.6 is 0 Å². The van der Waals surface area contributed by atoms with Gasteiger partial charge in [-0.25, -0.2) is 4.79 Å². The zero-order valence-electron chi connectivity index (χ0n) is 11.2. The van der Waals surface area contributed by atoms with E-state index in [-0.39, 0.29) is 18.5 Å². The maximum Gasteiger partial charge on any atom is 0.320 e.